The molecule has 2 unspecified atom stereocenters. The van der Waals surface area contributed by atoms with Crippen molar-refractivity contribution >= 4 is 0 Å². The zero-order valence-corrected chi connectivity index (χ0v) is 13.9. The largest absolute Gasteiger partial charge is 0.323 e. The zero-order valence-electron chi connectivity index (χ0n) is 13.9. The summed E-state index contributed by atoms with van der Waals surface area (Å²) in [6.45, 7) is 12.3. The summed E-state index contributed by atoms with van der Waals surface area (Å²) in [5, 5.41) is 0. The maximum Gasteiger partial charge on any atom is 0.0450 e. The van der Waals surface area contributed by atoms with Gasteiger partial charge in [0.25, 0.3) is 0 Å². The van der Waals surface area contributed by atoms with Crippen LogP contribution in [0.2, 0.25) is 0 Å². The molecular formula is C18H32N2. The van der Waals surface area contributed by atoms with Crippen LogP contribution in [0.15, 0.2) is 24.3 Å². The summed E-state index contributed by atoms with van der Waals surface area (Å²) in [4.78, 5) is 2.54. The molecule has 2 N–H and O–H groups in total. The van der Waals surface area contributed by atoms with Crippen molar-refractivity contribution in [2.24, 2.45) is 5.73 Å². The fourth-order valence-corrected chi connectivity index (χ4v) is 2.75. The van der Waals surface area contributed by atoms with Crippen molar-refractivity contribution in [1.29, 1.82) is 0 Å². The zero-order chi connectivity index (χ0) is 15.1. The number of nitrogens with two attached hydrogens (primary N) is 1. The van der Waals surface area contributed by atoms with E-state index in [1.54, 1.807) is 0 Å². The summed E-state index contributed by atoms with van der Waals surface area (Å²) in [6, 6.07) is 9.63. The lowest BCUT2D eigenvalue weighted by Crippen LogP contribution is -2.45. The van der Waals surface area contributed by atoms with Gasteiger partial charge in [0.05, 0.1) is 0 Å². The second-order valence-corrected chi connectivity index (χ2v) is 6.22. The van der Waals surface area contributed by atoms with Gasteiger partial charge in [-0.05, 0) is 46.2 Å². The van der Waals surface area contributed by atoms with E-state index in [-0.39, 0.29) is 6.04 Å². The third-order valence-electron chi connectivity index (χ3n) is 4.19. The lowest BCUT2D eigenvalue weighted by Gasteiger charge is -2.36. The van der Waals surface area contributed by atoms with Gasteiger partial charge in [0.1, 0.15) is 0 Å². The molecule has 0 fully saturated rings. The highest BCUT2D eigenvalue weighted by Gasteiger charge is 2.23. The molecule has 1 aromatic rings. The van der Waals surface area contributed by atoms with E-state index in [0.29, 0.717) is 12.1 Å². The van der Waals surface area contributed by atoms with Crippen molar-refractivity contribution in [3.63, 3.8) is 0 Å². The minimum absolute atomic E-state index is 0.0830. The molecule has 0 saturated heterocycles. The van der Waals surface area contributed by atoms with Crippen molar-refractivity contribution < 1.29 is 0 Å². The molecule has 0 amide bonds. The van der Waals surface area contributed by atoms with Crippen LogP contribution < -0.4 is 5.73 Å². The molecule has 20 heavy (non-hydrogen) atoms. The van der Waals surface area contributed by atoms with Gasteiger partial charge in [0.15, 0.2) is 0 Å². The van der Waals surface area contributed by atoms with Crippen LogP contribution in [0.5, 0.6) is 0 Å². The second kappa shape index (κ2) is 8.43. The number of hydrogen-bond acceptors (Lipinski definition) is 2. The minimum Gasteiger partial charge on any atom is -0.323 e. The molecule has 1 aromatic carbocycles. The van der Waals surface area contributed by atoms with E-state index in [0.717, 1.165) is 6.54 Å². The van der Waals surface area contributed by atoms with E-state index in [1.807, 2.05) is 0 Å². The molecule has 2 atom stereocenters. The Hall–Kier alpha value is -0.860. The van der Waals surface area contributed by atoms with Gasteiger partial charge in [-0.25, -0.2) is 0 Å². The summed E-state index contributed by atoms with van der Waals surface area (Å²) in [6.07, 6.45) is 3.83. The Morgan fingerprint density at radius 2 is 1.65 bits per heavy atom. The van der Waals surface area contributed by atoms with E-state index in [1.165, 1.54) is 30.4 Å². The first-order valence-electron chi connectivity index (χ1n) is 8.05. The number of unbranched alkanes of at least 4 members (excludes halogenated alkanes) is 2. The SMILES string of the molecule is CCCCCN(C(C)C)C(C)C(N)c1ccc(C)cc1. The van der Waals surface area contributed by atoms with Crippen molar-refractivity contribution in [2.75, 3.05) is 6.54 Å². The quantitative estimate of drug-likeness (QED) is 0.718. The van der Waals surface area contributed by atoms with Gasteiger partial charge < -0.3 is 5.73 Å². The Morgan fingerprint density at radius 3 is 2.15 bits per heavy atom. The average molecular weight is 276 g/mol. The summed E-state index contributed by atoms with van der Waals surface area (Å²) < 4.78 is 0. The first-order chi connectivity index (χ1) is 9.47. The molecular weight excluding hydrogens is 244 g/mol. The molecule has 2 nitrogen and oxygen atoms in total. The first kappa shape index (κ1) is 17.2. The van der Waals surface area contributed by atoms with Crippen LogP contribution in [-0.2, 0) is 0 Å². The average Bonchev–Trinajstić information content (AvgIpc) is 2.42. The molecule has 0 spiro atoms. The predicted octanol–water partition coefficient (Wildman–Crippen LogP) is 4.28. The monoisotopic (exact) mass is 276 g/mol. The topological polar surface area (TPSA) is 29.3 Å². The molecule has 0 bridgehead atoms. The minimum atomic E-state index is 0.0830. The molecule has 0 aromatic heterocycles. The normalized spacial score (nSPS) is 14.8. The second-order valence-electron chi connectivity index (χ2n) is 6.22. The molecule has 1 rings (SSSR count). The van der Waals surface area contributed by atoms with Gasteiger partial charge in [-0.1, -0.05) is 49.6 Å². The Kier molecular flexibility index (Phi) is 7.25. The first-order valence-corrected chi connectivity index (χ1v) is 8.05. The smallest absolute Gasteiger partial charge is 0.0450 e. The highest BCUT2D eigenvalue weighted by atomic mass is 15.2. The number of nitrogens with zero attached hydrogens (tertiary/aromatic N) is 1. The van der Waals surface area contributed by atoms with Crippen molar-refractivity contribution in [1.82, 2.24) is 4.90 Å². The number of aryl methyl sites for hydroxylation is 1. The van der Waals surface area contributed by atoms with Crippen LogP contribution in [0, 0.1) is 6.92 Å². The van der Waals surface area contributed by atoms with Crippen LogP contribution >= 0.6 is 0 Å². The third kappa shape index (κ3) is 4.92. The standard InChI is InChI=1S/C18H32N2/c1-6-7-8-13-20(14(2)3)16(5)18(19)17-11-9-15(4)10-12-17/h9-12,14,16,18H,6-8,13,19H2,1-5H3. The van der Waals surface area contributed by atoms with Crippen molar-refractivity contribution in [3.8, 4) is 0 Å². The molecule has 0 radical (unpaired) electrons. The van der Waals surface area contributed by atoms with Crippen LogP contribution in [0.25, 0.3) is 0 Å². The highest BCUT2D eigenvalue weighted by Crippen LogP contribution is 2.21. The molecule has 2 heteroatoms. The number of benzene rings is 1. The maximum atomic E-state index is 6.49. The van der Waals surface area contributed by atoms with Gasteiger partial charge in [-0.3, -0.25) is 4.90 Å². The van der Waals surface area contributed by atoms with Gasteiger partial charge in [-0.15, -0.1) is 0 Å². The molecule has 0 heterocycles. The Labute approximate surface area is 125 Å². The van der Waals surface area contributed by atoms with E-state index in [9.17, 15) is 0 Å². The fourth-order valence-electron chi connectivity index (χ4n) is 2.75. The van der Waals surface area contributed by atoms with E-state index in [2.05, 4.69) is 63.8 Å². The van der Waals surface area contributed by atoms with Crippen LogP contribution in [0.4, 0.5) is 0 Å². The maximum absolute atomic E-state index is 6.49. The lowest BCUT2D eigenvalue weighted by molar-refractivity contribution is 0.140. The van der Waals surface area contributed by atoms with Crippen LogP contribution in [0.3, 0.4) is 0 Å². The highest BCUT2D eigenvalue weighted by molar-refractivity contribution is 5.24. The van der Waals surface area contributed by atoms with Gasteiger partial charge in [0.2, 0.25) is 0 Å². The van der Waals surface area contributed by atoms with Crippen LogP contribution in [-0.4, -0.2) is 23.5 Å². The summed E-state index contributed by atoms with van der Waals surface area (Å²) in [7, 11) is 0. The Bertz CT molecular complexity index is 370. The third-order valence-corrected chi connectivity index (χ3v) is 4.19. The van der Waals surface area contributed by atoms with E-state index < -0.39 is 0 Å². The number of hydrogen-bond donors (Lipinski definition) is 1. The van der Waals surface area contributed by atoms with Gasteiger partial charge in [0, 0.05) is 18.1 Å². The predicted molar refractivity (Wildman–Crippen MR) is 88.9 cm³/mol. The van der Waals surface area contributed by atoms with Gasteiger partial charge >= 0.3 is 0 Å². The lowest BCUT2D eigenvalue weighted by atomic mass is 9.98. The Morgan fingerprint density at radius 1 is 1.05 bits per heavy atom. The summed E-state index contributed by atoms with van der Waals surface area (Å²) in [5.41, 5.74) is 9.02. The molecule has 0 aliphatic carbocycles. The van der Waals surface area contributed by atoms with Crippen molar-refractivity contribution in [3.05, 3.63) is 35.4 Å². The fraction of sp³-hybridized carbons (Fsp3) is 0.667. The molecule has 0 aliphatic rings. The molecule has 114 valence electrons. The summed E-state index contributed by atoms with van der Waals surface area (Å²) in [5.74, 6) is 0. The summed E-state index contributed by atoms with van der Waals surface area (Å²) >= 11 is 0. The van der Waals surface area contributed by atoms with E-state index >= 15 is 0 Å². The van der Waals surface area contributed by atoms with E-state index in [4.69, 9.17) is 5.73 Å². The molecule has 0 aliphatic heterocycles. The number of rotatable bonds is 8. The van der Waals surface area contributed by atoms with Gasteiger partial charge in [-0.2, -0.15) is 0 Å². The van der Waals surface area contributed by atoms with Crippen molar-refractivity contribution in [2.45, 2.75) is 72.0 Å². The van der Waals surface area contributed by atoms with Crippen LogP contribution in [0.1, 0.15) is 64.1 Å². The molecule has 0 saturated carbocycles. The Balaban J connectivity index is 2.72.